The van der Waals surface area contributed by atoms with E-state index in [-0.39, 0.29) is 23.3 Å². The Morgan fingerprint density at radius 3 is 3.00 bits per heavy atom. The first-order valence-electron chi connectivity index (χ1n) is 8.04. The van der Waals surface area contributed by atoms with Crippen LogP contribution in [0.5, 0.6) is 5.75 Å². The Morgan fingerprint density at radius 2 is 2.23 bits per heavy atom. The second-order valence-corrected chi connectivity index (χ2v) is 5.92. The number of ether oxygens (including phenoxy) is 1. The van der Waals surface area contributed by atoms with Gasteiger partial charge in [0.1, 0.15) is 23.9 Å². The highest BCUT2D eigenvalue weighted by Crippen LogP contribution is 2.25. The fourth-order valence-electron chi connectivity index (χ4n) is 2.28. The van der Waals surface area contributed by atoms with E-state index in [0.29, 0.717) is 18.1 Å². The maximum Gasteiger partial charge on any atom is 0.286 e. The lowest BCUT2D eigenvalue weighted by atomic mass is 10.3. The second-order valence-electron chi connectivity index (χ2n) is 5.51. The van der Waals surface area contributed by atoms with Gasteiger partial charge >= 0.3 is 0 Å². The van der Waals surface area contributed by atoms with Gasteiger partial charge in [-0.05, 0) is 42.8 Å². The standard InChI is InChI=1S/C18H17ClFN3O3/c19-15-11-13(20)3-5-16(15)25-12-14-4-6-17(26-14)18(24)21-7-1-9-23-10-2-8-22-23/h2-6,8,10-11H,1,7,9,12H2,(H,21,24). The van der Waals surface area contributed by atoms with Crippen molar-refractivity contribution in [1.29, 1.82) is 0 Å². The summed E-state index contributed by atoms with van der Waals surface area (Å²) in [5, 5.41) is 7.05. The largest absolute Gasteiger partial charge is 0.484 e. The molecule has 0 spiro atoms. The van der Waals surface area contributed by atoms with Gasteiger partial charge in [0.2, 0.25) is 0 Å². The number of hydrogen-bond acceptors (Lipinski definition) is 4. The lowest BCUT2D eigenvalue weighted by Crippen LogP contribution is -2.24. The number of amides is 1. The molecule has 3 rings (SSSR count). The fourth-order valence-corrected chi connectivity index (χ4v) is 2.50. The maximum atomic E-state index is 13.0. The van der Waals surface area contributed by atoms with Gasteiger partial charge in [-0.3, -0.25) is 9.48 Å². The number of benzene rings is 1. The van der Waals surface area contributed by atoms with Crippen LogP contribution in [0.25, 0.3) is 0 Å². The van der Waals surface area contributed by atoms with Crippen molar-refractivity contribution in [2.75, 3.05) is 6.54 Å². The van der Waals surface area contributed by atoms with E-state index in [4.69, 9.17) is 20.8 Å². The summed E-state index contributed by atoms with van der Waals surface area (Å²) in [6.07, 6.45) is 4.34. The van der Waals surface area contributed by atoms with E-state index in [0.717, 1.165) is 13.0 Å². The molecule has 0 atom stereocenters. The van der Waals surface area contributed by atoms with Crippen LogP contribution < -0.4 is 10.1 Å². The monoisotopic (exact) mass is 377 g/mol. The molecular weight excluding hydrogens is 361 g/mol. The number of nitrogens with zero attached hydrogens (tertiary/aromatic N) is 2. The minimum absolute atomic E-state index is 0.0813. The number of halogens is 2. The van der Waals surface area contributed by atoms with Crippen molar-refractivity contribution in [3.63, 3.8) is 0 Å². The molecule has 8 heteroatoms. The van der Waals surface area contributed by atoms with Crippen LogP contribution in [0, 0.1) is 5.82 Å². The Balaban J connectivity index is 1.45. The van der Waals surface area contributed by atoms with Gasteiger partial charge in [0.05, 0.1) is 5.02 Å². The van der Waals surface area contributed by atoms with Crippen LogP contribution >= 0.6 is 11.6 Å². The molecule has 0 fully saturated rings. The Hall–Kier alpha value is -2.80. The molecule has 0 bridgehead atoms. The number of hydrogen-bond donors (Lipinski definition) is 1. The van der Waals surface area contributed by atoms with Crippen LogP contribution in [-0.4, -0.2) is 22.2 Å². The molecule has 0 unspecified atom stereocenters. The van der Waals surface area contributed by atoms with E-state index < -0.39 is 5.82 Å². The number of carbonyl (C=O) groups excluding carboxylic acids is 1. The third kappa shape index (κ3) is 4.86. The highest BCUT2D eigenvalue weighted by Gasteiger charge is 2.12. The molecule has 26 heavy (non-hydrogen) atoms. The molecule has 1 aromatic carbocycles. The molecule has 136 valence electrons. The first kappa shape index (κ1) is 18.0. The third-order valence-electron chi connectivity index (χ3n) is 3.56. The highest BCUT2D eigenvalue weighted by molar-refractivity contribution is 6.32. The molecule has 0 aliphatic heterocycles. The Bertz CT molecular complexity index is 864. The van der Waals surface area contributed by atoms with Crippen molar-refractivity contribution in [1.82, 2.24) is 15.1 Å². The summed E-state index contributed by atoms with van der Waals surface area (Å²) in [5.74, 6) is 0.275. The van der Waals surface area contributed by atoms with Gasteiger partial charge in [-0.2, -0.15) is 5.10 Å². The molecule has 6 nitrogen and oxygen atoms in total. The predicted molar refractivity (Wildman–Crippen MR) is 93.6 cm³/mol. The normalized spacial score (nSPS) is 10.7. The molecule has 2 aromatic heterocycles. The van der Waals surface area contributed by atoms with Crippen LogP contribution in [-0.2, 0) is 13.2 Å². The summed E-state index contributed by atoms with van der Waals surface area (Å²) in [6, 6.07) is 8.94. The van der Waals surface area contributed by atoms with E-state index >= 15 is 0 Å². The molecular formula is C18H17ClFN3O3. The smallest absolute Gasteiger partial charge is 0.286 e. The Kier molecular flexibility index (Phi) is 5.91. The summed E-state index contributed by atoms with van der Waals surface area (Å²) >= 11 is 5.89. The van der Waals surface area contributed by atoms with Crippen LogP contribution in [0.1, 0.15) is 22.7 Å². The quantitative estimate of drug-likeness (QED) is 0.608. The van der Waals surface area contributed by atoms with Gasteiger partial charge < -0.3 is 14.5 Å². The molecule has 2 heterocycles. The highest BCUT2D eigenvalue weighted by atomic mass is 35.5. The number of aromatic nitrogens is 2. The van der Waals surface area contributed by atoms with Gasteiger partial charge in [-0.25, -0.2) is 4.39 Å². The number of rotatable bonds is 8. The fraction of sp³-hybridized carbons (Fsp3) is 0.222. The molecule has 0 aliphatic carbocycles. The van der Waals surface area contributed by atoms with Crippen molar-refractivity contribution in [3.05, 3.63) is 71.2 Å². The average molecular weight is 378 g/mol. The van der Waals surface area contributed by atoms with Gasteiger partial charge in [0, 0.05) is 25.5 Å². The number of aryl methyl sites for hydroxylation is 1. The van der Waals surface area contributed by atoms with E-state index in [1.54, 1.807) is 23.0 Å². The summed E-state index contributed by atoms with van der Waals surface area (Å²) in [6.45, 7) is 1.32. The van der Waals surface area contributed by atoms with E-state index in [1.807, 2.05) is 12.3 Å². The van der Waals surface area contributed by atoms with E-state index in [9.17, 15) is 9.18 Å². The minimum atomic E-state index is -0.438. The van der Waals surface area contributed by atoms with E-state index in [2.05, 4.69) is 10.4 Å². The number of furan rings is 1. The molecule has 1 amide bonds. The minimum Gasteiger partial charge on any atom is -0.484 e. The maximum absolute atomic E-state index is 13.0. The number of carbonyl (C=O) groups is 1. The lowest BCUT2D eigenvalue weighted by Gasteiger charge is -2.06. The second kappa shape index (κ2) is 8.53. The van der Waals surface area contributed by atoms with Crippen molar-refractivity contribution in [2.45, 2.75) is 19.6 Å². The average Bonchev–Trinajstić information content (AvgIpc) is 3.29. The Labute approximate surface area is 154 Å². The van der Waals surface area contributed by atoms with Crippen LogP contribution in [0.15, 0.2) is 53.2 Å². The summed E-state index contributed by atoms with van der Waals surface area (Å²) in [7, 11) is 0. The van der Waals surface area contributed by atoms with Crippen molar-refractivity contribution < 1.29 is 18.3 Å². The van der Waals surface area contributed by atoms with Crippen molar-refractivity contribution in [3.8, 4) is 5.75 Å². The van der Waals surface area contributed by atoms with Gasteiger partial charge in [0.25, 0.3) is 5.91 Å². The van der Waals surface area contributed by atoms with Crippen LogP contribution in [0.3, 0.4) is 0 Å². The molecule has 0 aliphatic rings. The molecule has 0 saturated carbocycles. The first-order valence-corrected chi connectivity index (χ1v) is 8.42. The van der Waals surface area contributed by atoms with Gasteiger partial charge in [0.15, 0.2) is 5.76 Å². The predicted octanol–water partition coefficient (Wildman–Crippen LogP) is 3.67. The summed E-state index contributed by atoms with van der Waals surface area (Å²) < 4.78 is 25.7. The summed E-state index contributed by atoms with van der Waals surface area (Å²) in [5.41, 5.74) is 0. The topological polar surface area (TPSA) is 69.3 Å². The van der Waals surface area contributed by atoms with Crippen molar-refractivity contribution in [2.24, 2.45) is 0 Å². The van der Waals surface area contributed by atoms with Gasteiger partial charge in [-0.15, -0.1) is 0 Å². The van der Waals surface area contributed by atoms with Crippen LogP contribution in [0.2, 0.25) is 5.02 Å². The Morgan fingerprint density at radius 1 is 1.35 bits per heavy atom. The molecule has 0 saturated heterocycles. The first-order chi connectivity index (χ1) is 12.6. The number of nitrogens with one attached hydrogen (secondary N) is 1. The zero-order chi connectivity index (χ0) is 18.4. The zero-order valence-corrected chi connectivity index (χ0v) is 14.6. The summed E-state index contributed by atoms with van der Waals surface area (Å²) in [4.78, 5) is 12.1. The molecule has 3 aromatic rings. The lowest BCUT2D eigenvalue weighted by molar-refractivity contribution is 0.0920. The van der Waals surface area contributed by atoms with Crippen LogP contribution in [0.4, 0.5) is 4.39 Å². The van der Waals surface area contributed by atoms with Crippen molar-refractivity contribution >= 4 is 17.5 Å². The third-order valence-corrected chi connectivity index (χ3v) is 3.85. The van der Waals surface area contributed by atoms with E-state index in [1.165, 1.54) is 18.2 Å². The van der Waals surface area contributed by atoms with Gasteiger partial charge in [-0.1, -0.05) is 11.6 Å². The molecule has 1 N–H and O–H groups in total. The SMILES string of the molecule is O=C(NCCCn1cccn1)c1ccc(COc2ccc(F)cc2Cl)o1. The zero-order valence-electron chi connectivity index (χ0n) is 13.8. The molecule has 0 radical (unpaired) electrons.